The molecule has 0 bridgehead atoms. The van der Waals surface area contributed by atoms with Crippen LogP contribution in [-0.4, -0.2) is 20.1 Å². The minimum Gasteiger partial charge on any atom is -0.361 e. The average molecular weight is 305 g/mol. The van der Waals surface area contributed by atoms with Crippen molar-refractivity contribution in [1.82, 2.24) is 20.1 Å². The van der Waals surface area contributed by atoms with E-state index in [1.54, 1.807) is 18.6 Å². The van der Waals surface area contributed by atoms with Crippen LogP contribution >= 0.6 is 0 Å². The van der Waals surface area contributed by atoms with Gasteiger partial charge in [0.15, 0.2) is 0 Å². The number of hydrogen-bond acceptors (Lipinski definition) is 4. The van der Waals surface area contributed by atoms with Crippen LogP contribution in [0.3, 0.4) is 0 Å². The smallest absolute Gasteiger partial charge is 0.256 e. The van der Waals surface area contributed by atoms with Gasteiger partial charge in [-0.2, -0.15) is 0 Å². The molecular weight excluding hydrogens is 292 g/mol. The number of nitrogens with one attached hydrogen (secondary N) is 2. The van der Waals surface area contributed by atoms with Gasteiger partial charge in [0.05, 0.1) is 28.6 Å². The number of benzene rings is 1. The summed E-state index contributed by atoms with van der Waals surface area (Å²) in [6.07, 6.45) is 3.17. The van der Waals surface area contributed by atoms with Gasteiger partial charge in [0.2, 0.25) is 0 Å². The van der Waals surface area contributed by atoms with Gasteiger partial charge in [-0.15, -0.1) is 0 Å². The Kier molecular flexibility index (Phi) is 2.90. The van der Waals surface area contributed by atoms with E-state index in [4.69, 9.17) is 4.52 Å². The maximum absolute atomic E-state index is 12.2. The molecule has 0 spiro atoms. The second-order valence-electron chi connectivity index (χ2n) is 5.35. The maximum atomic E-state index is 12.2. The molecule has 0 aliphatic heterocycles. The number of nitrogens with zero attached hydrogens (tertiary/aromatic N) is 2. The molecule has 4 rings (SSSR count). The number of rotatable bonds is 2. The third-order valence-electron chi connectivity index (χ3n) is 3.87. The lowest BCUT2D eigenvalue weighted by Crippen LogP contribution is -2.07. The van der Waals surface area contributed by atoms with Crippen LogP contribution < -0.4 is 5.56 Å². The molecule has 6 heteroatoms. The van der Waals surface area contributed by atoms with Crippen LogP contribution in [0.15, 0.2) is 40.0 Å². The van der Waals surface area contributed by atoms with Crippen molar-refractivity contribution in [3.8, 4) is 22.3 Å². The van der Waals surface area contributed by atoms with Gasteiger partial charge in [-0.1, -0.05) is 5.16 Å². The van der Waals surface area contributed by atoms with E-state index in [0.29, 0.717) is 5.56 Å². The second kappa shape index (κ2) is 4.95. The maximum Gasteiger partial charge on any atom is 0.256 e. The van der Waals surface area contributed by atoms with Gasteiger partial charge in [0.25, 0.3) is 5.56 Å². The van der Waals surface area contributed by atoms with E-state index >= 15 is 0 Å². The van der Waals surface area contributed by atoms with Gasteiger partial charge in [-0.05, 0) is 43.7 Å². The number of H-pyrrole nitrogens is 2. The Hall–Kier alpha value is -3.15. The molecule has 1 radical (unpaired) electrons. The van der Waals surface area contributed by atoms with E-state index in [0.717, 1.165) is 39.2 Å². The van der Waals surface area contributed by atoms with E-state index in [9.17, 15) is 4.79 Å². The summed E-state index contributed by atoms with van der Waals surface area (Å²) in [7, 11) is 0. The SMILES string of the molecule is Cc1noc(C)c1-c1cc(-c2[c]cc[nH]c2=O)c2nc[nH]c2c1. The molecule has 0 amide bonds. The zero-order chi connectivity index (χ0) is 16.0. The van der Waals surface area contributed by atoms with Crippen molar-refractivity contribution >= 4 is 11.0 Å². The van der Waals surface area contributed by atoms with Crippen molar-refractivity contribution in [3.63, 3.8) is 0 Å². The summed E-state index contributed by atoms with van der Waals surface area (Å²) in [5, 5.41) is 4.00. The van der Waals surface area contributed by atoms with E-state index in [1.165, 1.54) is 0 Å². The van der Waals surface area contributed by atoms with E-state index in [-0.39, 0.29) is 5.56 Å². The Labute approximate surface area is 131 Å². The van der Waals surface area contributed by atoms with Gasteiger partial charge < -0.3 is 14.5 Å². The molecule has 0 aliphatic rings. The average Bonchev–Trinajstić information content (AvgIpc) is 3.13. The molecule has 3 aromatic heterocycles. The highest BCUT2D eigenvalue weighted by Crippen LogP contribution is 2.33. The first-order chi connectivity index (χ1) is 11.1. The zero-order valence-corrected chi connectivity index (χ0v) is 12.6. The third-order valence-corrected chi connectivity index (χ3v) is 3.87. The van der Waals surface area contributed by atoms with Crippen LogP contribution in [0.5, 0.6) is 0 Å². The van der Waals surface area contributed by atoms with Crippen LogP contribution in [-0.2, 0) is 0 Å². The summed E-state index contributed by atoms with van der Waals surface area (Å²) in [6.45, 7) is 3.76. The van der Waals surface area contributed by atoms with Crippen LogP contribution in [0.25, 0.3) is 33.3 Å². The molecule has 4 aromatic rings. The minimum absolute atomic E-state index is 0.201. The lowest BCUT2D eigenvalue weighted by Gasteiger charge is -2.06. The molecule has 0 fully saturated rings. The van der Waals surface area contributed by atoms with Crippen LogP contribution in [0.1, 0.15) is 11.5 Å². The van der Waals surface area contributed by atoms with Crippen molar-refractivity contribution < 1.29 is 4.52 Å². The number of fused-ring (bicyclic) bond motifs is 1. The quantitative estimate of drug-likeness (QED) is 0.596. The number of aromatic nitrogens is 4. The summed E-state index contributed by atoms with van der Waals surface area (Å²) < 4.78 is 5.26. The molecule has 6 nitrogen and oxygen atoms in total. The number of imidazole rings is 1. The Morgan fingerprint density at radius 3 is 2.83 bits per heavy atom. The van der Waals surface area contributed by atoms with E-state index in [1.807, 2.05) is 26.0 Å². The first kappa shape index (κ1) is 13.5. The molecule has 0 aliphatic carbocycles. The lowest BCUT2D eigenvalue weighted by atomic mass is 9.97. The first-order valence-electron chi connectivity index (χ1n) is 7.15. The molecule has 0 unspecified atom stereocenters. The molecule has 1 aromatic carbocycles. The molecular formula is C17H13N4O2. The third kappa shape index (κ3) is 2.07. The van der Waals surface area contributed by atoms with E-state index < -0.39 is 0 Å². The van der Waals surface area contributed by atoms with Gasteiger partial charge in [-0.3, -0.25) is 4.79 Å². The largest absolute Gasteiger partial charge is 0.361 e. The fourth-order valence-electron chi connectivity index (χ4n) is 2.86. The summed E-state index contributed by atoms with van der Waals surface area (Å²) in [4.78, 5) is 22.3. The van der Waals surface area contributed by atoms with Crippen molar-refractivity contribution in [2.24, 2.45) is 0 Å². The molecule has 0 atom stereocenters. The predicted molar refractivity (Wildman–Crippen MR) is 86.0 cm³/mol. The zero-order valence-electron chi connectivity index (χ0n) is 12.6. The van der Waals surface area contributed by atoms with E-state index in [2.05, 4.69) is 26.2 Å². The van der Waals surface area contributed by atoms with Gasteiger partial charge >= 0.3 is 0 Å². The molecule has 0 saturated carbocycles. The van der Waals surface area contributed by atoms with Crippen molar-refractivity contribution in [2.45, 2.75) is 13.8 Å². The van der Waals surface area contributed by atoms with Crippen molar-refractivity contribution in [3.05, 3.63) is 58.6 Å². The summed E-state index contributed by atoms with van der Waals surface area (Å²) in [5.74, 6) is 0.735. The molecule has 3 heterocycles. The fraction of sp³-hybridized carbons (Fsp3) is 0.118. The lowest BCUT2D eigenvalue weighted by molar-refractivity contribution is 0.393. The molecule has 113 valence electrons. The predicted octanol–water partition coefficient (Wildman–Crippen LogP) is 2.99. The van der Waals surface area contributed by atoms with Crippen LogP contribution in [0.4, 0.5) is 0 Å². The summed E-state index contributed by atoms with van der Waals surface area (Å²) in [5.41, 5.74) is 5.20. The summed E-state index contributed by atoms with van der Waals surface area (Å²) >= 11 is 0. The monoisotopic (exact) mass is 305 g/mol. The van der Waals surface area contributed by atoms with Gasteiger partial charge in [-0.25, -0.2) is 4.98 Å². The van der Waals surface area contributed by atoms with Gasteiger partial charge in [0.1, 0.15) is 5.76 Å². The Balaban J connectivity index is 2.07. The number of pyridine rings is 1. The first-order valence-corrected chi connectivity index (χ1v) is 7.15. The Morgan fingerprint density at radius 2 is 2.09 bits per heavy atom. The topological polar surface area (TPSA) is 87.6 Å². The standard InChI is InChI=1S/C17H13N4O2/c1-9-15(10(2)23-21-9)11-6-13(12-4-3-5-18-17(12)22)16-14(7-11)19-8-20-16/h3,5-8H,1-2H3,(H,18,22)(H,19,20). The highest BCUT2D eigenvalue weighted by atomic mass is 16.5. The van der Waals surface area contributed by atoms with Crippen LogP contribution in [0, 0.1) is 19.9 Å². The van der Waals surface area contributed by atoms with Gasteiger partial charge in [0, 0.05) is 17.3 Å². The second-order valence-corrected chi connectivity index (χ2v) is 5.35. The molecule has 23 heavy (non-hydrogen) atoms. The Bertz CT molecular complexity index is 1050. The molecule has 0 saturated heterocycles. The number of aromatic amines is 2. The highest BCUT2D eigenvalue weighted by Gasteiger charge is 2.17. The van der Waals surface area contributed by atoms with Crippen molar-refractivity contribution in [1.29, 1.82) is 0 Å². The molecule has 2 N–H and O–H groups in total. The normalized spacial score (nSPS) is 11.2. The number of hydrogen-bond donors (Lipinski definition) is 2. The highest BCUT2D eigenvalue weighted by molar-refractivity contribution is 5.95. The fourth-order valence-corrected chi connectivity index (χ4v) is 2.86. The number of aryl methyl sites for hydroxylation is 2. The van der Waals surface area contributed by atoms with Crippen LogP contribution in [0.2, 0.25) is 0 Å². The van der Waals surface area contributed by atoms with Crippen molar-refractivity contribution in [2.75, 3.05) is 0 Å². The summed E-state index contributed by atoms with van der Waals surface area (Å²) in [6, 6.07) is 8.59. The Morgan fingerprint density at radius 1 is 1.22 bits per heavy atom. The minimum atomic E-state index is -0.201.